The molecule has 1 aliphatic carbocycles. The van der Waals surface area contributed by atoms with Crippen molar-refractivity contribution in [2.24, 2.45) is 0 Å². The fourth-order valence-corrected chi connectivity index (χ4v) is 1.41. The van der Waals surface area contributed by atoms with Crippen LogP contribution in [0.15, 0.2) is 24.3 Å². The number of benzene rings is 1. The average molecular weight is 218 g/mol. The molecule has 1 saturated carbocycles. The third-order valence-electron chi connectivity index (χ3n) is 2.06. The van der Waals surface area contributed by atoms with Crippen molar-refractivity contribution >= 4 is 24.0 Å². The number of nitrogens with one attached hydrogen (secondary N) is 1. The fraction of sp³-hybridized carbons (Fsp3) is 0.400. The van der Waals surface area contributed by atoms with Gasteiger partial charge in [-0.1, -0.05) is 23.7 Å². The lowest BCUT2D eigenvalue weighted by atomic mass is 10.2. The van der Waals surface area contributed by atoms with Crippen molar-refractivity contribution in [3.63, 3.8) is 0 Å². The molecule has 1 nitrogen and oxygen atoms in total. The SMILES string of the molecule is Cl.Clc1cccc(CNC2CC2)c1. The summed E-state index contributed by atoms with van der Waals surface area (Å²) < 4.78 is 0. The van der Waals surface area contributed by atoms with Crippen molar-refractivity contribution in [2.75, 3.05) is 0 Å². The molecule has 0 aliphatic heterocycles. The van der Waals surface area contributed by atoms with Gasteiger partial charge in [-0.05, 0) is 30.5 Å². The molecule has 1 aliphatic rings. The third-order valence-corrected chi connectivity index (χ3v) is 2.30. The standard InChI is InChI=1S/C10H12ClN.ClH/c11-9-3-1-2-8(6-9)7-12-10-4-5-10;/h1-3,6,10,12H,4-5,7H2;1H. The lowest BCUT2D eigenvalue weighted by molar-refractivity contribution is 0.688. The summed E-state index contributed by atoms with van der Waals surface area (Å²) in [6.45, 7) is 0.950. The van der Waals surface area contributed by atoms with Gasteiger partial charge in [0.2, 0.25) is 0 Å². The van der Waals surface area contributed by atoms with Gasteiger partial charge in [0, 0.05) is 17.6 Å². The van der Waals surface area contributed by atoms with Crippen molar-refractivity contribution in [3.05, 3.63) is 34.9 Å². The van der Waals surface area contributed by atoms with Crippen molar-refractivity contribution in [1.29, 1.82) is 0 Å². The largest absolute Gasteiger partial charge is 0.310 e. The van der Waals surface area contributed by atoms with E-state index in [0.717, 1.165) is 17.6 Å². The summed E-state index contributed by atoms with van der Waals surface area (Å²) in [5.74, 6) is 0. The van der Waals surface area contributed by atoms with E-state index in [9.17, 15) is 0 Å². The van der Waals surface area contributed by atoms with Crippen LogP contribution in [0.25, 0.3) is 0 Å². The molecular weight excluding hydrogens is 205 g/mol. The van der Waals surface area contributed by atoms with Crippen LogP contribution in [0.2, 0.25) is 5.02 Å². The minimum atomic E-state index is 0. The van der Waals surface area contributed by atoms with Gasteiger partial charge in [-0.15, -0.1) is 12.4 Å². The van der Waals surface area contributed by atoms with Gasteiger partial charge >= 0.3 is 0 Å². The molecule has 0 spiro atoms. The first kappa shape index (κ1) is 10.8. The normalized spacial score (nSPS) is 15.2. The third kappa shape index (κ3) is 3.55. The maximum absolute atomic E-state index is 5.85. The van der Waals surface area contributed by atoms with Crippen LogP contribution in [-0.4, -0.2) is 6.04 Å². The Morgan fingerprint density at radius 3 is 2.77 bits per heavy atom. The monoisotopic (exact) mass is 217 g/mol. The van der Waals surface area contributed by atoms with Crippen LogP contribution in [0, 0.1) is 0 Å². The summed E-state index contributed by atoms with van der Waals surface area (Å²) in [7, 11) is 0. The van der Waals surface area contributed by atoms with Crippen LogP contribution >= 0.6 is 24.0 Å². The first-order valence-electron chi connectivity index (χ1n) is 4.32. The van der Waals surface area contributed by atoms with Crippen LogP contribution in [-0.2, 0) is 6.54 Å². The summed E-state index contributed by atoms with van der Waals surface area (Å²) >= 11 is 5.85. The Kier molecular flexibility index (Phi) is 4.04. The van der Waals surface area contributed by atoms with Gasteiger partial charge in [-0.3, -0.25) is 0 Å². The van der Waals surface area contributed by atoms with Gasteiger partial charge in [-0.2, -0.15) is 0 Å². The van der Waals surface area contributed by atoms with E-state index in [1.54, 1.807) is 0 Å². The van der Waals surface area contributed by atoms with Gasteiger partial charge in [0.25, 0.3) is 0 Å². The summed E-state index contributed by atoms with van der Waals surface area (Å²) in [6, 6.07) is 8.77. The first-order chi connectivity index (χ1) is 5.84. The molecule has 3 heteroatoms. The fourth-order valence-electron chi connectivity index (χ4n) is 1.20. The predicted octanol–water partition coefficient (Wildman–Crippen LogP) is 3.01. The molecule has 0 saturated heterocycles. The number of hydrogen-bond donors (Lipinski definition) is 1. The van der Waals surface area contributed by atoms with Gasteiger partial charge in [-0.25, -0.2) is 0 Å². The molecule has 0 atom stereocenters. The Labute approximate surface area is 89.9 Å². The van der Waals surface area contributed by atoms with Crippen molar-refractivity contribution in [1.82, 2.24) is 5.32 Å². The van der Waals surface area contributed by atoms with E-state index in [1.165, 1.54) is 18.4 Å². The minimum Gasteiger partial charge on any atom is -0.310 e. The van der Waals surface area contributed by atoms with Crippen molar-refractivity contribution in [2.45, 2.75) is 25.4 Å². The van der Waals surface area contributed by atoms with E-state index in [-0.39, 0.29) is 12.4 Å². The van der Waals surface area contributed by atoms with Crippen LogP contribution in [0.4, 0.5) is 0 Å². The van der Waals surface area contributed by atoms with Gasteiger partial charge < -0.3 is 5.32 Å². The lowest BCUT2D eigenvalue weighted by Crippen LogP contribution is -2.14. The second kappa shape index (κ2) is 4.85. The van der Waals surface area contributed by atoms with Gasteiger partial charge in [0.05, 0.1) is 0 Å². The quantitative estimate of drug-likeness (QED) is 0.822. The molecule has 0 heterocycles. The first-order valence-corrected chi connectivity index (χ1v) is 4.70. The number of rotatable bonds is 3. The lowest BCUT2D eigenvalue weighted by Gasteiger charge is -2.02. The predicted molar refractivity (Wildman–Crippen MR) is 58.6 cm³/mol. The molecule has 1 aromatic rings. The highest BCUT2D eigenvalue weighted by atomic mass is 35.5. The second-order valence-electron chi connectivity index (χ2n) is 3.29. The average Bonchev–Trinajstić information content (AvgIpc) is 2.84. The maximum Gasteiger partial charge on any atom is 0.0409 e. The molecule has 72 valence electrons. The molecule has 2 rings (SSSR count). The van der Waals surface area contributed by atoms with Crippen LogP contribution in [0.3, 0.4) is 0 Å². The van der Waals surface area contributed by atoms with E-state index >= 15 is 0 Å². The van der Waals surface area contributed by atoms with E-state index in [0.29, 0.717) is 0 Å². The Balaban J connectivity index is 0.000000845. The summed E-state index contributed by atoms with van der Waals surface area (Å²) in [5, 5.41) is 4.27. The Morgan fingerprint density at radius 2 is 2.15 bits per heavy atom. The highest BCUT2D eigenvalue weighted by Gasteiger charge is 2.19. The van der Waals surface area contributed by atoms with Crippen molar-refractivity contribution < 1.29 is 0 Å². The molecule has 1 N–H and O–H groups in total. The molecular formula is C10H13Cl2N. The topological polar surface area (TPSA) is 12.0 Å². The Hall–Kier alpha value is -0.240. The zero-order chi connectivity index (χ0) is 8.39. The highest BCUT2D eigenvalue weighted by Crippen LogP contribution is 2.19. The molecule has 1 aromatic carbocycles. The van der Waals surface area contributed by atoms with Gasteiger partial charge in [0.1, 0.15) is 0 Å². The van der Waals surface area contributed by atoms with Crippen LogP contribution < -0.4 is 5.32 Å². The second-order valence-corrected chi connectivity index (χ2v) is 3.72. The van der Waals surface area contributed by atoms with Crippen molar-refractivity contribution in [3.8, 4) is 0 Å². The number of halogens is 2. The highest BCUT2D eigenvalue weighted by molar-refractivity contribution is 6.30. The summed E-state index contributed by atoms with van der Waals surface area (Å²) in [5.41, 5.74) is 1.27. The molecule has 0 radical (unpaired) electrons. The zero-order valence-electron chi connectivity index (χ0n) is 7.29. The molecule has 0 amide bonds. The molecule has 1 fully saturated rings. The van der Waals surface area contributed by atoms with Crippen LogP contribution in [0.5, 0.6) is 0 Å². The van der Waals surface area contributed by atoms with E-state index in [2.05, 4.69) is 11.4 Å². The molecule has 0 aromatic heterocycles. The van der Waals surface area contributed by atoms with Crippen LogP contribution in [0.1, 0.15) is 18.4 Å². The van der Waals surface area contributed by atoms with Gasteiger partial charge in [0.15, 0.2) is 0 Å². The minimum absolute atomic E-state index is 0. The zero-order valence-corrected chi connectivity index (χ0v) is 8.87. The molecule has 13 heavy (non-hydrogen) atoms. The van der Waals surface area contributed by atoms with E-state index in [1.807, 2.05) is 18.2 Å². The van der Waals surface area contributed by atoms with E-state index in [4.69, 9.17) is 11.6 Å². The molecule has 0 unspecified atom stereocenters. The Morgan fingerprint density at radius 1 is 1.38 bits per heavy atom. The smallest absolute Gasteiger partial charge is 0.0409 e. The maximum atomic E-state index is 5.85. The summed E-state index contributed by atoms with van der Waals surface area (Å²) in [4.78, 5) is 0. The summed E-state index contributed by atoms with van der Waals surface area (Å²) in [6.07, 6.45) is 2.67. The van der Waals surface area contributed by atoms with E-state index < -0.39 is 0 Å². The molecule has 0 bridgehead atoms. The number of hydrogen-bond acceptors (Lipinski definition) is 1. The Bertz CT molecular complexity index is 271.